The van der Waals surface area contributed by atoms with Gasteiger partial charge in [0.05, 0.1) is 0 Å². The van der Waals surface area contributed by atoms with Crippen LogP contribution in [0.25, 0.3) is 0 Å². The predicted molar refractivity (Wildman–Crippen MR) is 82.2 cm³/mol. The Kier molecular flexibility index (Phi) is 4.58. The molecular weight excluding hydrogens is 232 g/mol. The highest BCUT2D eigenvalue weighted by atomic mass is 15.1. The van der Waals surface area contributed by atoms with Crippen molar-refractivity contribution in [1.29, 1.82) is 0 Å². The first-order valence-electron chi connectivity index (χ1n) is 6.75. The standard InChI is InChI=1S/C17H22N2/c1-14(17(18)15-9-5-3-6-10-15)13-19(2)16-11-7-4-8-12-16/h3-12,14,17H,13,18H2,1-2H3. The Labute approximate surface area is 115 Å². The molecule has 2 unspecified atom stereocenters. The van der Waals surface area contributed by atoms with Gasteiger partial charge < -0.3 is 10.6 Å². The Morgan fingerprint density at radius 1 is 0.947 bits per heavy atom. The third kappa shape index (κ3) is 3.58. The van der Waals surface area contributed by atoms with E-state index < -0.39 is 0 Å². The lowest BCUT2D eigenvalue weighted by molar-refractivity contribution is 0.472. The summed E-state index contributed by atoms with van der Waals surface area (Å²) in [5, 5.41) is 0. The Hall–Kier alpha value is -1.80. The van der Waals surface area contributed by atoms with Gasteiger partial charge in [0.1, 0.15) is 0 Å². The average Bonchev–Trinajstić information content (AvgIpc) is 2.48. The molecule has 0 bridgehead atoms. The minimum atomic E-state index is 0.0763. The molecule has 100 valence electrons. The molecule has 2 nitrogen and oxygen atoms in total. The van der Waals surface area contributed by atoms with Gasteiger partial charge in [-0.2, -0.15) is 0 Å². The maximum Gasteiger partial charge on any atom is 0.0363 e. The highest BCUT2D eigenvalue weighted by Gasteiger charge is 2.16. The number of hydrogen-bond acceptors (Lipinski definition) is 2. The molecule has 2 N–H and O–H groups in total. The fourth-order valence-corrected chi connectivity index (χ4v) is 2.34. The molecule has 0 aromatic heterocycles. The average molecular weight is 254 g/mol. The van der Waals surface area contributed by atoms with Crippen molar-refractivity contribution in [1.82, 2.24) is 0 Å². The Bertz CT molecular complexity index is 481. The largest absolute Gasteiger partial charge is 0.374 e. The molecule has 0 fully saturated rings. The maximum absolute atomic E-state index is 6.34. The van der Waals surface area contributed by atoms with Crippen molar-refractivity contribution in [2.75, 3.05) is 18.5 Å². The number of benzene rings is 2. The van der Waals surface area contributed by atoms with Gasteiger partial charge in [-0.25, -0.2) is 0 Å². The second-order valence-corrected chi connectivity index (χ2v) is 5.13. The summed E-state index contributed by atoms with van der Waals surface area (Å²) in [7, 11) is 2.11. The maximum atomic E-state index is 6.34. The number of nitrogens with two attached hydrogens (primary N) is 1. The first kappa shape index (κ1) is 13.6. The van der Waals surface area contributed by atoms with Gasteiger partial charge in [0.15, 0.2) is 0 Å². The first-order valence-corrected chi connectivity index (χ1v) is 6.75. The highest BCUT2D eigenvalue weighted by molar-refractivity contribution is 5.45. The van der Waals surface area contributed by atoms with Crippen LogP contribution >= 0.6 is 0 Å². The number of anilines is 1. The van der Waals surface area contributed by atoms with Crippen molar-refractivity contribution < 1.29 is 0 Å². The summed E-state index contributed by atoms with van der Waals surface area (Å²) in [4.78, 5) is 2.26. The minimum Gasteiger partial charge on any atom is -0.374 e. The third-order valence-corrected chi connectivity index (χ3v) is 3.56. The number of rotatable bonds is 5. The molecule has 2 atom stereocenters. The van der Waals surface area contributed by atoms with Crippen LogP contribution in [0, 0.1) is 5.92 Å². The smallest absolute Gasteiger partial charge is 0.0363 e. The van der Waals surface area contributed by atoms with Crippen LogP contribution in [-0.2, 0) is 0 Å². The molecule has 0 saturated heterocycles. The van der Waals surface area contributed by atoms with E-state index in [-0.39, 0.29) is 6.04 Å². The highest BCUT2D eigenvalue weighted by Crippen LogP contribution is 2.21. The quantitative estimate of drug-likeness (QED) is 0.885. The van der Waals surface area contributed by atoms with Gasteiger partial charge >= 0.3 is 0 Å². The van der Waals surface area contributed by atoms with Gasteiger partial charge in [0, 0.05) is 25.3 Å². The first-order chi connectivity index (χ1) is 9.18. The SMILES string of the molecule is CC(CN(C)c1ccccc1)C(N)c1ccccc1. The van der Waals surface area contributed by atoms with Crippen LogP contribution in [0.2, 0.25) is 0 Å². The molecule has 19 heavy (non-hydrogen) atoms. The van der Waals surface area contributed by atoms with E-state index in [4.69, 9.17) is 5.73 Å². The normalized spacial score (nSPS) is 13.8. The molecular formula is C17H22N2. The molecule has 0 saturated carbocycles. The summed E-state index contributed by atoms with van der Waals surface area (Å²) in [6.45, 7) is 3.15. The molecule has 0 spiro atoms. The van der Waals surface area contributed by atoms with E-state index in [0.29, 0.717) is 5.92 Å². The van der Waals surface area contributed by atoms with Crippen LogP contribution < -0.4 is 10.6 Å². The number of hydrogen-bond donors (Lipinski definition) is 1. The van der Waals surface area contributed by atoms with E-state index in [1.165, 1.54) is 11.3 Å². The van der Waals surface area contributed by atoms with Crippen molar-refractivity contribution >= 4 is 5.69 Å². The van der Waals surface area contributed by atoms with Gasteiger partial charge in [-0.1, -0.05) is 55.5 Å². The van der Waals surface area contributed by atoms with Crippen LogP contribution in [0.3, 0.4) is 0 Å². The van der Waals surface area contributed by atoms with Crippen molar-refractivity contribution in [2.45, 2.75) is 13.0 Å². The molecule has 0 aliphatic heterocycles. The van der Waals surface area contributed by atoms with Gasteiger partial charge in [-0.15, -0.1) is 0 Å². The monoisotopic (exact) mass is 254 g/mol. The minimum absolute atomic E-state index is 0.0763. The van der Waals surface area contributed by atoms with Crippen LogP contribution in [0.1, 0.15) is 18.5 Å². The van der Waals surface area contributed by atoms with E-state index in [9.17, 15) is 0 Å². The summed E-state index contributed by atoms with van der Waals surface area (Å²) in [6, 6.07) is 20.8. The molecule has 0 amide bonds. The zero-order valence-corrected chi connectivity index (χ0v) is 11.7. The third-order valence-electron chi connectivity index (χ3n) is 3.56. The summed E-state index contributed by atoms with van der Waals surface area (Å²) in [5.74, 6) is 0.396. The van der Waals surface area contributed by atoms with Crippen molar-refractivity contribution in [3.63, 3.8) is 0 Å². The second-order valence-electron chi connectivity index (χ2n) is 5.13. The van der Waals surface area contributed by atoms with Gasteiger partial charge in [-0.3, -0.25) is 0 Å². The van der Waals surface area contributed by atoms with Gasteiger partial charge in [0.25, 0.3) is 0 Å². The number of nitrogens with zero attached hydrogens (tertiary/aromatic N) is 1. The lowest BCUT2D eigenvalue weighted by Gasteiger charge is -2.27. The Morgan fingerprint density at radius 2 is 1.47 bits per heavy atom. The number of para-hydroxylation sites is 1. The van der Waals surface area contributed by atoms with E-state index in [2.05, 4.69) is 55.3 Å². The molecule has 0 aliphatic rings. The van der Waals surface area contributed by atoms with Crippen LogP contribution in [-0.4, -0.2) is 13.6 Å². The van der Waals surface area contributed by atoms with Crippen LogP contribution in [0.15, 0.2) is 60.7 Å². The van der Waals surface area contributed by atoms with Crippen LogP contribution in [0.5, 0.6) is 0 Å². The van der Waals surface area contributed by atoms with E-state index in [1.807, 2.05) is 24.3 Å². The zero-order chi connectivity index (χ0) is 13.7. The fraction of sp³-hybridized carbons (Fsp3) is 0.294. The van der Waals surface area contributed by atoms with E-state index in [1.54, 1.807) is 0 Å². The molecule has 2 aromatic carbocycles. The summed E-state index contributed by atoms with van der Waals surface area (Å²) in [5.41, 5.74) is 8.77. The van der Waals surface area contributed by atoms with Crippen molar-refractivity contribution in [3.05, 3.63) is 66.2 Å². The molecule has 2 rings (SSSR count). The Balaban J connectivity index is 1.99. The molecule has 0 heterocycles. The van der Waals surface area contributed by atoms with Crippen molar-refractivity contribution in [2.24, 2.45) is 11.7 Å². The Morgan fingerprint density at radius 3 is 2.05 bits per heavy atom. The lowest BCUT2D eigenvalue weighted by Crippen LogP contribution is -2.31. The summed E-state index contributed by atoms with van der Waals surface area (Å²) < 4.78 is 0. The molecule has 0 aliphatic carbocycles. The fourth-order valence-electron chi connectivity index (χ4n) is 2.34. The predicted octanol–water partition coefficient (Wildman–Crippen LogP) is 3.46. The molecule has 2 aromatic rings. The lowest BCUT2D eigenvalue weighted by atomic mass is 9.95. The molecule has 0 radical (unpaired) electrons. The van der Waals surface area contributed by atoms with Crippen molar-refractivity contribution in [3.8, 4) is 0 Å². The zero-order valence-electron chi connectivity index (χ0n) is 11.7. The summed E-state index contributed by atoms with van der Waals surface area (Å²) in [6.07, 6.45) is 0. The van der Waals surface area contributed by atoms with Crippen LogP contribution in [0.4, 0.5) is 5.69 Å². The van der Waals surface area contributed by atoms with Gasteiger partial charge in [-0.05, 0) is 23.6 Å². The second kappa shape index (κ2) is 6.39. The van der Waals surface area contributed by atoms with E-state index in [0.717, 1.165) is 6.54 Å². The summed E-state index contributed by atoms with van der Waals surface area (Å²) >= 11 is 0. The van der Waals surface area contributed by atoms with E-state index >= 15 is 0 Å². The van der Waals surface area contributed by atoms with Gasteiger partial charge in [0.2, 0.25) is 0 Å². The topological polar surface area (TPSA) is 29.3 Å². The molecule has 2 heteroatoms.